The van der Waals surface area contributed by atoms with Crippen molar-refractivity contribution in [1.82, 2.24) is 15.0 Å². The van der Waals surface area contributed by atoms with Crippen molar-refractivity contribution in [2.24, 2.45) is 0 Å². The van der Waals surface area contributed by atoms with Gasteiger partial charge in [0.15, 0.2) is 0 Å². The molecule has 1 aromatic heterocycles. The molecule has 1 saturated heterocycles. The summed E-state index contributed by atoms with van der Waals surface area (Å²) in [4.78, 5) is 20.8. The van der Waals surface area contributed by atoms with Crippen molar-refractivity contribution in [3.05, 3.63) is 16.3 Å². The zero-order chi connectivity index (χ0) is 9.97. The Morgan fingerprint density at radius 1 is 1.57 bits per heavy atom. The summed E-state index contributed by atoms with van der Waals surface area (Å²) in [6, 6.07) is 0. The third-order valence-electron chi connectivity index (χ3n) is 2.16. The van der Waals surface area contributed by atoms with Gasteiger partial charge in [0.25, 0.3) is 0 Å². The molecule has 2 rings (SSSR count). The maximum atomic E-state index is 11.0. The Morgan fingerprint density at radius 3 is 3.07 bits per heavy atom. The van der Waals surface area contributed by atoms with Gasteiger partial charge in [0, 0.05) is 13.0 Å². The molecule has 1 unspecified atom stereocenters. The molecule has 1 aliphatic rings. The number of hydrogen-bond acceptors (Lipinski definition) is 5. The van der Waals surface area contributed by atoms with Crippen LogP contribution in [-0.4, -0.2) is 27.7 Å². The van der Waals surface area contributed by atoms with Gasteiger partial charge in [-0.05, 0) is 12.8 Å². The van der Waals surface area contributed by atoms with E-state index in [-0.39, 0.29) is 12.1 Å². The Morgan fingerprint density at radius 2 is 2.43 bits per heavy atom. The van der Waals surface area contributed by atoms with E-state index >= 15 is 0 Å². The molecule has 76 valence electrons. The molecule has 0 bridgehead atoms. The first kappa shape index (κ1) is 9.14. The molecular formula is C8H12N4O2. The summed E-state index contributed by atoms with van der Waals surface area (Å²) < 4.78 is 5.41. The van der Waals surface area contributed by atoms with E-state index in [1.54, 1.807) is 0 Å². The number of nitrogens with zero attached hydrogens (tertiary/aromatic N) is 2. The van der Waals surface area contributed by atoms with Crippen molar-refractivity contribution in [2.45, 2.75) is 25.4 Å². The van der Waals surface area contributed by atoms with Gasteiger partial charge in [0.05, 0.1) is 6.10 Å². The zero-order valence-electron chi connectivity index (χ0n) is 7.69. The van der Waals surface area contributed by atoms with Crippen LogP contribution in [0.2, 0.25) is 0 Å². The van der Waals surface area contributed by atoms with Crippen LogP contribution in [0.25, 0.3) is 0 Å². The quantitative estimate of drug-likeness (QED) is 0.663. The van der Waals surface area contributed by atoms with Crippen LogP contribution >= 0.6 is 0 Å². The number of nitrogen functional groups attached to an aromatic ring is 1. The lowest BCUT2D eigenvalue weighted by molar-refractivity contribution is 0.110. The van der Waals surface area contributed by atoms with Gasteiger partial charge in [0.2, 0.25) is 5.95 Å². The van der Waals surface area contributed by atoms with Crippen LogP contribution in [0.1, 0.15) is 18.7 Å². The molecule has 2 heterocycles. The summed E-state index contributed by atoms with van der Waals surface area (Å²) in [5.74, 6) is 0.566. The molecule has 0 spiro atoms. The summed E-state index contributed by atoms with van der Waals surface area (Å²) in [5, 5.41) is 0. The second kappa shape index (κ2) is 3.75. The van der Waals surface area contributed by atoms with Gasteiger partial charge in [-0.2, -0.15) is 9.97 Å². The molecule has 6 heteroatoms. The van der Waals surface area contributed by atoms with E-state index in [0.29, 0.717) is 12.2 Å². The first-order chi connectivity index (χ1) is 6.74. The molecule has 0 aromatic carbocycles. The summed E-state index contributed by atoms with van der Waals surface area (Å²) >= 11 is 0. The lowest BCUT2D eigenvalue weighted by atomic mass is 10.2. The monoisotopic (exact) mass is 196 g/mol. The largest absolute Gasteiger partial charge is 0.378 e. The fraction of sp³-hybridized carbons (Fsp3) is 0.625. The lowest BCUT2D eigenvalue weighted by Crippen LogP contribution is -2.20. The molecule has 3 N–H and O–H groups in total. The molecule has 1 fully saturated rings. The standard InChI is InChI=1S/C8H12N4O2/c9-7-10-6(11-8(13)12-7)4-5-2-1-3-14-5/h5H,1-4H2,(H3,9,10,11,12,13). The first-order valence-corrected chi connectivity index (χ1v) is 4.58. The number of hydrogen-bond donors (Lipinski definition) is 2. The van der Waals surface area contributed by atoms with E-state index in [9.17, 15) is 4.79 Å². The molecule has 0 saturated carbocycles. The molecule has 0 amide bonds. The predicted molar refractivity (Wildman–Crippen MR) is 49.7 cm³/mol. The van der Waals surface area contributed by atoms with E-state index in [4.69, 9.17) is 10.5 Å². The number of nitrogens with one attached hydrogen (secondary N) is 1. The molecule has 0 radical (unpaired) electrons. The number of aromatic nitrogens is 3. The highest BCUT2D eigenvalue weighted by Crippen LogP contribution is 2.14. The zero-order valence-corrected chi connectivity index (χ0v) is 7.69. The molecular weight excluding hydrogens is 184 g/mol. The van der Waals surface area contributed by atoms with Crippen molar-refractivity contribution in [2.75, 3.05) is 12.3 Å². The molecule has 1 aromatic rings. The molecule has 1 atom stereocenters. The van der Waals surface area contributed by atoms with Crippen molar-refractivity contribution in [3.63, 3.8) is 0 Å². The Bertz CT molecular complexity index is 370. The van der Waals surface area contributed by atoms with Gasteiger partial charge in [0.1, 0.15) is 5.82 Å². The van der Waals surface area contributed by atoms with Crippen LogP contribution in [0.4, 0.5) is 5.95 Å². The number of aromatic amines is 1. The topological polar surface area (TPSA) is 93.9 Å². The summed E-state index contributed by atoms with van der Waals surface area (Å²) in [6.07, 6.45) is 2.82. The van der Waals surface area contributed by atoms with E-state index in [1.807, 2.05) is 0 Å². The van der Waals surface area contributed by atoms with Crippen molar-refractivity contribution in [1.29, 1.82) is 0 Å². The number of anilines is 1. The van der Waals surface area contributed by atoms with Gasteiger partial charge in [-0.3, -0.25) is 4.98 Å². The first-order valence-electron chi connectivity index (χ1n) is 4.58. The highest BCUT2D eigenvalue weighted by Gasteiger charge is 2.17. The minimum absolute atomic E-state index is 0.0155. The van der Waals surface area contributed by atoms with Crippen LogP contribution in [0.15, 0.2) is 4.79 Å². The number of nitrogens with two attached hydrogens (primary N) is 1. The van der Waals surface area contributed by atoms with E-state index in [1.165, 1.54) is 0 Å². The van der Waals surface area contributed by atoms with Crippen molar-refractivity contribution >= 4 is 5.95 Å². The maximum absolute atomic E-state index is 11.0. The minimum Gasteiger partial charge on any atom is -0.378 e. The van der Waals surface area contributed by atoms with E-state index in [0.717, 1.165) is 19.4 Å². The number of rotatable bonds is 2. The Balaban J connectivity index is 2.11. The van der Waals surface area contributed by atoms with Crippen molar-refractivity contribution < 1.29 is 4.74 Å². The lowest BCUT2D eigenvalue weighted by Gasteiger charge is -2.07. The van der Waals surface area contributed by atoms with Crippen LogP contribution in [0.3, 0.4) is 0 Å². The second-order valence-corrected chi connectivity index (χ2v) is 3.30. The smallest absolute Gasteiger partial charge is 0.349 e. The second-order valence-electron chi connectivity index (χ2n) is 3.30. The Kier molecular flexibility index (Phi) is 2.45. The molecule has 0 aliphatic carbocycles. The average molecular weight is 196 g/mol. The van der Waals surface area contributed by atoms with E-state index in [2.05, 4.69) is 15.0 Å². The van der Waals surface area contributed by atoms with Crippen LogP contribution < -0.4 is 11.4 Å². The highest BCUT2D eigenvalue weighted by molar-refractivity contribution is 5.12. The third kappa shape index (κ3) is 2.08. The molecule has 1 aliphatic heterocycles. The summed E-state index contributed by atoms with van der Waals surface area (Å²) in [5.41, 5.74) is 4.90. The Labute approximate surface area is 80.5 Å². The molecule has 14 heavy (non-hydrogen) atoms. The van der Waals surface area contributed by atoms with Gasteiger partial charge < -0.3 is 10.5 Å². The predicted octanol–water partition coefficient (Wildman–Crippen LogP) is -0.531. The van der Waals surface area contributed by atoms with Crippen molar-refractivity contribution in [3.8, 4) is 0 Å². The molecule has 6 nitrogen and oxygen atoms in total. The SMILES string of the molecule is Nc1nc(CC2CCCO2)[nH]c(=O)n1. The summed E-state index contributed by atoms with van der Waals surface area (Å²) in [7, 11) is 0. The fourth-order valence-corrected chi connectivity index (χ4v) is 1.56. The average Bonchev–Trinajstić information content (AvgIpc) is 2.54. The number of ether oxygens (including phenoxy) is 1. The van der Waals surface area contributed by atoms with Crippen LogP contribution in [0, 0.1) is 0 Å². The van der Waals surface area contributed by atoms with Gasteiger partial charge in [-0.25, -0.2) is 4.79 Å². The third-order valence-corrected chi connectivity index (χ3v) is 2.16. The maximum Gasteiger partial charge on any atom is 0.349 e. The fourth-order valence-electron chi connectivity index (χ4n) is 1.56. The minimum atomic E-state index is -0.453. The van der Waals surface area contributed by atoms with Crippen LogP contribution in [-0.2, 0) is 11.2 Å². The van der Waals surface area contributed by atoms with Gasteiger partial charge >= 0.3 is 5.69 Å². The Hall–Kier alpha value is -1.43. The summed E-state index contributed by atoms with van der Waals surface area (Å²) in [6.45, 7) is 0.787. The van der Waals surface area contributed by atoms with Crippen LogP contribution in [0.5, 0.6) is 0 Å². The normalized spacial score (nSPS) is 21.3. The highest BCUT2D eigenvalue weighted by atomic mass is 16.5. The number of H-pyrrole nitrogens is 1. The van der Waals surface area contributed by atoms with E-state index < -0.39 is 5.69 Å². The van der Waals surface area contributed by atoms with Gasteiger partial charge in [-0.1, -0.05) is 0 Å². The van der Waals surface area contributed by atoms with Gasteiger partial charge in [-0.15, -0.1) is 0 Å².